The van der Waals surface area contributed by atoms with Crippen LogP contribution in [0.15, 0.2) is 200 Å². The molecule has 65 heavy (non-hydrogen) atoms. The largest absolute Gasteiger partial charge is 0.0842 e. The van der Waals surface area contributed by atoms with Crippen molar-refractivity contribution in [1.29, 1.82) is 0 Å². The van der Waals surface area contributed by atoms with Crippen molar-refractivity contribution in [1.82, 2.24) is 0 Å². The van der Waals surface area contributed by atoms with Gasteiger partial charge < -0.3 is 0 Å². The van der Waals surface area contributed by atoms with Crippen LogP contribution >= 0.6 is 0 Å². The molecule has 0 nitrogen and oxygen atoms in total. The summed E-state index contributed by atoms with van der Waals surface area (Å²) in [5, 5.41) is 7.81. The van der Waals surface area contributed by atoms with Gasteiger partial charge in [0.05, 0.1) is 0 Å². The lowest BCUT2D eigenvalue weighted by Gasteiger charge is -2.18. The second-order valence-corrected chi connectivity index (χ2v) is 15.9. The number of benzene rings is 9. The zero-order chi connectivity index (χ0) is 46.9. The molecule has 0 atom stereocenters. The van der Waals surface area contributed by atoms with E-state index < -0.39 is 0 Å². The number of aryl methyl sites for hydroxylation is 3. The number of allylic oxidation sites excluding steroid dienone is 4. The van der Waals surface area contributed by atoms with Gasteiger partial charge in [-0.05, 0) is 147 Å². The van der Waals surface area contributed by atoms with Crippen LogP contribution in [-0.4, -0.2) is 0 Å². The average molecular weight is 851 g/mol. The smallest absolute Gasteiger partial charge is 0.00263 e. The number of rotatable bonds is 7. The first-order chi connectivity index (χ1) is 31.8. The Labute approximate surface area is 392 Å². The topological polar surface area (TPSA) is 0 Å². The fraction of sp³-hybridized carbons (Fsp3) is 0.200. The van der Waals surface area contributed by atoms with Crippen LogP contribution in [0.4, 0.5) is 0 Å². The minimum absolute atomic E-state index is 1.04. The van der Waals surface area contributed by atoms with Crippen LogP contribution in [0.5, 0.6) is 0 Å². The van der Waals surface area contributed by atoms with Gasteiger partial charge in [-0.15, -0.1) is 0 Å². The third kappa shape index (κ3) is 11.5. The van der Waals surface area contributed by atoms with Crippen LogP contribution in [0.25, 0.3) is 82.4 Å². The summed E-state index contributed by atoms with van der Waals surface area (Å²) in [6.45, 7) is 25.1. The first kappa shape index (κ1) is 49.3. The lowest BCUT2D eigenvalue weighted by atomic mass is 9.85. The van der Waals surface area contributed by atoms with E-state index in [0.717, 1.165) is 6.42 Å². The fourth-order valence-electron chi connectivity index (χ4n) is 8.43. The highest BCUT2D eigenvalue weighted by Crippen LogP contribution is 2.44. The number of fused-ring (bicyclic) bond motifs is 3. The Morgan fingerprint density at radius 2 is 0.908 bits per heavy atom. The van der Waals surface area contributed by atoms with Crippen molar-refractivity contribution in [2.75, 3.05) is 0 Å². The molecule has 9 rings (SSSR count). The van der Waals surface area contributed by atoms with Gasteiger partial charge in [0.1, 0.15) is 0 Å². The molecule has 0 aliphatic carbocycles. The molecule has 0 fully saturated rings. The van der Waals surface area contributed by atoms with E-state index in [-0.39, 0.29) is 0 Å². The van der Waals surface area contributed by atoms with Crippen molar-refractivity contribution in [3.8, 4) is 44.5 Å². The van der Waals surface area contributed by atoms with Crippen LogP contribution < -0.4 is 0 Å². The van der Waals surface area contributed by atoms with E-state index in [1.165, 1.54) is 110 Å². The highest BCUT2D eigenvalue weighted by Gasteiger charge is 2.17. The van der Waals surface area contributed by atoms with Crippen LogP contribution in [0.2, 0.25) is 0 Å². The SMILES string of the molecule is CC.CC.CC.CC/C=C\C(=C(C)C)c1cc(-c2cccc3cc(-c4ccccc4)ccc23)ccc1C.Cc1ccc(-c2c3ccccc3c(-c3ccccc3)c3cc(C)ccc23)cc1. The molecular formula is C65H70. The molecule has 0 heteroatoms. The van der Waals surface area contributed by atoms with Crippen LogP contribution in [0.1, 0.15) is 91.0 Å². The predicted octanol–water partition coefficient (Wildman–Crippen LogP) is 20.3. The minimum Gasteiger partial charge on any atom is -0.0842 e. The highest BCUT2D eigenvalue weighted by molar-refractivity contribution is 6.21. The average Bonchev–Trinajstić information content (AvgIpc) is 3.36. The Morgan fingerprint density at radius 1 is 0.400 bits per heavy atom. The van der Waals surface area contributed by atoms with E-state index in [1.54, 1.807) is 0 Å². The van der Waals surface area contributed by atoms with E-state index in [4.69, 9.17) is 0 Å². The molecule has 0 N–H and O–H groups in total. The van der Waals surface area contributed by atoms with E-state index in [0.29, 0.717) is 0 Å². The lowest BCUT2D eigenvalue weighted by Crippen LogP contribution is -1.92. The summed E-state index contributed by atoms with van der Waals surface area (Å²) >= 11 is 0. The van der Waals surface area contributed by atoms with Gasteiger partial charge in [-0.25, -0.2) is 0 Å². The number of hydrogen-bond donors (Lipinski definition) is 0. The van der Waals surface area contributed by atoms with Crippen molar-refractivity contribution in [2.45, 2.75) is 89.5 Å². The molecule has 0 amide bonds. The molecule has 9 aromatic rings. The van der Waals surface area contributed by atoms with Crippen LogP contribution in [0.3, 0.4) is 0 Å². The van der Waals surface area contributed by atoms with Crippen molar-refractivity contribution < 1.29 is 0 Å². The minimum atomic E-state index is 1.04. The second kappa shape index (κ2) is 24.3. The van der Waals surface area contributed by atoms with E-state index in [1.807, 2.05) is 41.5 Å². The fourth-order valence-corrected chi connectivity index (χ4v) is 8.43. The molecule has 0 radical (unpaired) electrons. The molecule has 0 aliphatic heterocycles. The van der Waals surface area contributed by atoms with Crippen molar-refractivity contribution in [3.05, 3.63) is 222 Å². The van der Waals surface area contributed by atoms with Gasteiger partial charge in [0.2, 0.25) is 0 Å². The molecule has 0 heterocycles. The van der Waals surface area contributed by atoms with Crippen LogP contribution in [-0.2, 0) is 0 Å². The molecule has 0 spiro atoms. The zero-order valence-corrected chi connectivity index (χ0v) is 41.2. The van der Waals surface area contributed by atoms with Gasteiger partial charge in [-0.1, -0.05) is 247 Å². The maximum Gasteiger partial charge on any atom is -0.00263 e. The maximum absolute atomic E-state index is 2.36. The normalized spacial score (nSPS) is 10.5. The summed E-state index contributed by atoms with van der Waals surface area (Å²) < 4.78 is 0. The Balaban J connectivity index is 0.000000220. The highest BCUT2D eigenvalue weighted by atomic mass is 14.2. The molecule has 0 unspecified atom stereocenters. The Bertz CT molecular complexity index is 2970. The van der Waals surface area contributed by atoms with Crippen LogP contribution in [0, 0.1) is 20.8 Å². The van der Waals surface area contributed by atoms with Crippen molar-refractivity contribution in [3.63, 3.8) is 0 Å². The van der Waals surface area contributed by atoms with E-state index >= 15 is 0 Å². The lowest BCUT2D eigenvalue weighted by molar-refractivity contribution is 1.22. The summed E-state index contributed by atoms with van der Waals surface area (Å²) in [7, 11) is 0. The summed E-state index contributed by atoms with van der Waals surface area (Å²) in [4.78, 5) is 0. The Hall–Kier alpha value is -6.76. The third-order valence-electron chi connectivity index (χ3n) is 11.5. The molecular weight excluding hydrogens is 781 g/mol. The Morgan fingerprint density at radius 3 is 1.52 bits per heavy atom. The predicted molar refractivity (Wildman–Crippen MR) is 293 cm³/mol. The molecule has 0 bridgehead atoms. The standard InChI is InChI=1S/C31H30.C28H22.3C2H6/c1-5-6-14-28(22(2)3)31-21-27(17-16-23(31)4)29-15-10-13-26-20-25(18-19-30(26)29)24-11-8-7-9-12-24;1-19-12-15-22(16-13-19)27-23-10-6-7-11-24(23)28(21-8-4-3-5-9-21)26-18-20(2)14-17-25(26)27;3*1-2/h6-21H,5H2,1-4H3;3-18H,1-2H3;3*1-2H3/b14-6-;;;;. The summed E-state index contributed by atoms with van der Waals surface area (Å²) in [6, 6.07) is 66.2. The van der Waals surface area contributed by atoms with Crippen molar-refractivity contribution >= 4 is 37.9 Å². The maximum atomic E-state index is 2.36. The van der Waals surface area contributed by atoms with E-state index in [9.17, 15) is 0 Å². The van der Waals surface area contributed by atoms with Gasteiger partial charge in [-0.2, -0.15) is 0 Å². The van der Waals surface area contributed by atoms with Gasteiger partial charge in [-0.3, -0.25) is 0 Å². The monoisotopic (exact) mass is 851 g/mol. The molecule has 0 saturated heterocycles. The van der Waals surface area contributed by atoms with Gasteiger partial charge >= 0.3 is 0 Å². The molecule has 0 aromatic heterocycles. The zero-order valence-electron chi connectivity index (χ0n) is 41.2. The van der Waals surface area contributed by atoms with Crippen molar-refractivity contribution in [2.24, 2.45) is 0 Å². The molecule has 330 valence electrons. The quantitative estimate of drug-likeness (QED) is 0.111. The molecule has 9 aromatic carbocycles. The van der Waals surface area contributed by atoms with E-state index in [2.05, 4.69) is 236 Å². The van der Waals surface area contributed by atoms with Gasteiger partial charge in [0, 0.05) is 0 Å². The summed E-state index contributed by atoms with van der Waals surface area (Å²) in [6.07, 6.45) is 5.57. The third-order valence-corrected chi connectivity index (χ3v) is 11.5. The first-order valence-corrected chi connectivity index (χ1v) is 23.9. The first-order valence-electron chi connectivity index (χ1n) is 23.9. The summed E-state index contributed by atoms with van der Waals surface area (Å²) in [5.41, 5.74) is 18.1. The summed E-state index contributed by atoms with van der Waals surface area (Å²) in [5.74, 6) is 0. The van der Waals surface area contributed by atoms with Gasteiger partial charge in [0.25, 0.3) is 0 Å². The second-order valence-electron chi connectivity index (χ2n) is 15.9. The molecule has 0 aliphatic rings. The Kier molecular flexibility index (Phi) is 18.4. The number of hydrogen-bond acceptors (Lipinski definition) is 0. The van der Waals surface area contributed by atoms with Gasteiger partial charge in [0.15, 0.2) is 0 Å². The molecule has 0 saturated carbocycles.